The maximum absolute atomic E-state index is 3.79. The molecule has 0 aliphatic heterocycles. The SMILES string of the molecule is CCCC(Br)C1CCC(C)C1. The Morgan fingerprint density at radius 3 is 2.64 bits per heavy atom. The highest BCUT2D eigenvalue weighted by atomic mass is 79.9. The lowest BCUT2D eigenvalue weighted by molar-refractivity contribution is 0.480. The molecule has 0 amide bonds. The van der Waals surface area contributed by atoms with Crippen molar-refractivity contribution in [3.05, 3.63) is 0 Å². The van der Waals surface area contributed by atoms with Gasteiger partial charge in [0.05, 0.1) is 0 Å². The van der Waals surface area contributed by atoms with Crippen LogP contribution in [0.25, 0.3) is 0 Å². The van der Waals surface area contributed by atoms with Gasteiger partial charge in [0.15, 0.2) is 0 Å². The van der Waals surface area contributed by atoms with Gasteiger partial charge in [0.25, 0.3) is 0 Å². The lowest BCUT2D eigenvalue weighted by Crippen LogP contribution is -2.10. The standard InChI is InChI=1S/C10H19Br/c1-3-4-10(11)9-6-5-8(2)7-9/h8-10H,3-7H2,1-2H3. The number of rotatable bonds is 3. The maximum atomic E-state index is 3.79. The first-order valence-corrected chi connectivity index (χ1v) is 5.79. The molecule has 1 rings (SSSR count). The summed E-state index contributed by atoms with van der Waals surface area (Å²) < 4.78 is 0. The fourth-order valence-electron chi connectivity index (χ4n) is 2.09. The third kappa shape index (κ3) is 2.77. The summed E-state index contributed by atoms with van der Waals surface area (Å²) in [6.45, 7) is 4.65. The average Bonchev–Trinajstić information content (AvgIpc) is 2.36. The molecule has 3 atom stereocenters. The van der Waals surface area contributed by atoms with Gasteiger partial charge in [0.2, 0.25) is 0 Å². The average molecular weight is 219 g/mol. The quantitative estimate of drug-likeness (QED) is 0.629. The topological polar surface area (TPSA) is 0 Å². The van der Waals surface area contributed by atoms with Gasteiger partial charge in [-0.1, -0.05) is 42.6 Å². The summed E-state index contributed by atoms with van der Waals surface area (Å²) in [6.07, 6.45) is 7.04. The van der Waals surface area contributed by atoms with E-state index in [1.807, 2.05) is 0 Å². The summed E-state index contributed by atoms with van der Waals surface area (Å²) >= 11 is 3.79. The van der Waals surface area contributed by atoms with E-state index in [-0.39, 0.29) is 0 Å². The normalized spacial score (nSPS) is 34.1. The fraction of sp³-hybridized carbons (Fsp3) is 1.00. The Morgan fingerprint density at radius 1 is 1.45 bits per heavy atom. The molecule has 0 heterocycles. The molecule has 66 valence electrons. The summed E-state index contributed by atoms with van der Waals surface area (Å²) in [7, 11) is 0. The van der Waals surface area contributed by atoms with E-state index in [0.717, 1.165) is 16.7 Å². The van der Waals surface area contributed by atoms with E-state index in [9.17, 15) is 0 Å². The van der Waals surface area contributed by atoms with Crippen molar-refractivity contribution in [1.29, 1.82) is 0 Å². The van der Waals surface area contributed by atoms with Gasteiger partial charge < -0.3 is 0 Å². The van der Waals surface area contributed by atoms with Crippen molar-refractivity contribution in [2.75, 3.05) is 0 Å². The fourth-order valence-corrected chi connectivity index (χ4v) is 3.03. The molecular weight excluding hydrogens is 200 g/mol. The molecule has 1 aliphatic rings. The molecule has 11 heavy (non-hydrogen) atoms. The van der Waals surface area contributed by atoms with Crippen LogP contribution < -0.4 is 0 Å². The van der Waals surface area contributed by atoms with Crippen LogP contribution in [-0.2, 0) is 0 Å². The number of hydrogen-bond donors (Lipinski definition) is 0. The summed E-state index contributed by atoms with van der Waals surface area (Å²) in [4.78, 5) is 0.803. The molecule has 0 saturated heterocycles. The molecular formula is C10H19Br. The van der Waals surface area contributed by atoms with E-state index in [2.05, 4.69) is 29.8 Å². The van der Waals surface area contributed by atoms with E-state index >= 15 is 0 Å². The molecule has 1 saturated carbocycles. The molecule has 0 bridgehead atoms. The molecule has 0 aromatic carbocycles. The summed E-state index contributed by atoms with van der Waals surface area (Å²) in [6, 6.07) is 0. The molecule has 0 aromatic rings. The number of halogens is 1. The van der Waals surface area contributed by atoms with Crippen LogP contribution in [0.2, 0.25) is 0 Å². The Labute approximate surface area is 78.9 Å². The van der Waals surface area contributed by atoms with Crippen LogP contribution in [0, 0.1) is 11.8 Å². The van der Waals surface area contributed by atoms with Crippen molar-refractivity contribution in [1.82, 2.24) is 0 Å². The lowest BCUT2D eigenvalue weighted by atomic mass is 9.99. The number of hydrogen-bond acceptors (Lipinski definition) is 0. The largest absolute Gasteiger partial charge is 0.0888 e. The minimum absolute atomic E-state index is 0.803. The molecule has 0 aromatic heterocycles. The summed E-state index contributed by atoms with van der Waals surface area (Å²) in [5, 5.41) is 0. The van der Waals surface area contributed by atoms with Gasteiger partial charge in [-0.15, -0.1) is 0 Å². The first kappa shape index (κ1) is 9.57. The Bertz CT molecular complexity index is 111. The van der Waals surface area contributed by atoms with Crippen LogP contribution in [0.3, 0.4) is 0 Å². The summed E-state index contributed by atoms with van der Waals surface area (Å²) in [5.41, 5.74) is 0. The second kappa shape index (κ2) is 4.49. The third-order valence-electron chi connectivity index (χ3n) is 2.81. The zero-order valence-electron chi connectivity index (χ0n) is 7.65. The van der Waals surface area contributed by atoms with Crippen LogP contribution in [0.1, 0.15) is 46.0 Å². The minimum Gasteiger partial charge on any atom is -0.0888 e. The Hall–Kier alpha value is 0.480. The maximum Gasteiger partial charge on any atom is 0.0174 e. The van der Waals surface area contributed by atoms with Crippen molar-refractivity contribution in [2.24, 2.45) is 11.8 Å². The highest BCUT2D eigenvalue weighted by molar-refractivity contribution is 9.09. The Balaban J connectivity index is 2.25. The van der Waals surface area contributed by atoms with E-state index in [4.69, 9.17) is 0 Å². The van der Waals surface area contributed by atoms with Gasteiger partial charge in [-0.2, -0.15) is 0 Å². The summed E-state index contributed by atoms with van der Waals surface area (Å²) in [5.74, 6) is 1.96. The Kier molecular flexibility index (Phi) is 3.91. The van der Waals surface area contributed by atoms with Crippen LogP contribution in [0.5, 0.6) is 0 Å². The molecule has 3 unspecified atom stereocenters. The smallest absolute Gasteiger partial charge is 0.0174 e. The van der Waals surface area contributed by atoms with Crippen molar-refractivity contribution >= 4 is 15.9 Å². The van der Waals surface area contributed by atoms with Gasteiger partial charge in [-0.25, -0.2) is 0 Å². The van der Waals surface area contributed by atoms with Gasteiger partial charge in [-0.05, 0) is 31.1 Å². The first-order chi connectivity index (χ1) is 5.24. The highest BCUT2D eigenvalue weighted by Crippen LogP contribution is 2.36. The van der Waals surface area contributed by atoms with Crippen molar-refractivity contribution in [3.63, 3.8) is 0 Å². The van der Waals surface area contributed by atoms with E-state index in [1.54, 1.807) is 0 Å². The monoisotopic (exact) mass is 218 g/mol. The lowest BCUT2D eigenvalue weighted by Gasteiger charge is -2.15. The van der Waals surface area contributed by atoms with Crippen molar-refractivity contribution in [2.45, 2.75) is 50.8 Å². The van der Waals surface area contributed by atoms with Crippen molar-refractivity contribution in [3.8, 4) is 0 Å². The van der Waals surface area contributed by atoms with Crippen LogP contribution >= 0.6 is 15.9 Å². The molecule has 1 fully saturated rings. The molecule has 1 aliphatic carbocycles. The highest BCUT2D eigenvalue weighted by Gasteiger charge is 2.26. The minimum atomic E-state index is 0.803. The predicted octanol–water partition coefficient (Wildman–Crippen LogP) is 3.99. The van der Waals surface area contributed by atoms with Crippen LogP contribution in [-0.4, -0.2) is 4.83 Å². The van der Waals surface area contributed by atoms with Gasteiger partial charge in [-0.3, -0.25) is 0 Å². The predicted molar refractivity (Wildman–Crippen MR) is 54.1 cm³/mol. The third-order valence-corrected chi connectivity index (χ3v) is 4.02. The molecule has 0 N–H and O–H groups in total. The second-order valence-electron chi connectivity index (χ2n) is 3.98. The van der Waals surface area contributed by atoms with Gasteiger partial charge in [0, 0.05) is 4.83 Å². The first-order valence-electron chi connectivity index (χ1n) is 4.88. The van der Waals surface area contributed by atoms with Crippen LogP contribution in [0.4, 0.5) is 0 Å². The van der Waals surface area contributed by atoms with Crippen LogP contribution in [0.15, 0.2) is 0 Å². The van der Waals surface area contributed by atoms with E-state index in [1.165, 1.54) is 32.1 Å². The van der Waals surface area contributed by atoms with Crippen molar-refractivity contribution < 1.29 is 0 Å². The second-order valence-corrected chi connectivity index (χ2v) is 5.16. The van der Waals surface area contributed by atoms with E-state index in [0.29, 0.717) is 0 Å². The van der Waals surface area contributed by atoms with E-state index < -0.39 is 0 Å². The van der Waals surface area contributed by atoms with Gasteiger partial charge in [0.1, 0.15) is 0 Å². The molecule has 0 nitrogen and oxygen atoms in total. The number of alkyl halides is 1. The molecule has 0 radical (unpaired) electrons. The molecule has 0 spiro atoms. The zero-order valence-corrected chi connectivity index (χ0v) is 9.23. The Morgan fingerprint density at radius 2 is 2.18 bits per heavy atom. The zero-order chi connectivity index (χ0) is 8.27. The molecule has 1 heteroatoms. The van der Waals surface area contributed by atoms with Gasteiger partial charge >= 0.3 is 0 Å².